The highest BCUT2D eigenvalue weighted by atomic mass is 16.1. The van der Waals surface area contributed by atoms with Crippen molar-refractivity contribution in [2.75, 3.05) is 13.1 Å². The second-order valence-electron chi connectivity index (χ2n) is 7.47. The van der Waals surface area contributed by atoms with Crippen LogP contribution in [0.25, 0.3) is 0 Å². The van der Waals surface area contributed by atoms with Crippen LogP contribution in [-0.4, -0.2) is 37.1 Å². The first kappa shape index (κ1) is 18.5. The van der Waals surface area contributed by atoms with Crippen LogP contribution in [0.15, 0.2) is 34.4 Å². The molecule has 0 unspecified atom stereocenters. The number of rotatable bonds is 5. The summed E-state index contributed by atoms with van der Waals surface area (Å²) >= 11 is 0. The Kier molecular flexibility index (Phi) is 5.66. The first-order chi connectivity index (χ1) is 12.4. The second-order valence-corrected chi connectivity index (χ2v) is 7.47. The average molecular weight is 357 g/mol. The molecule has 3 rings (SSSR count). The van der Waals surface area contributed by atoms with Gasteiger partial charge in [0.25, 0.3) is 11.1 Å². The summed E-state index contributed by atoms with van der Waals surface area (Å²) in [6, 6.07) is 1.66. The molecule has 0 amide bonds. The predicted octanol–water partition coefficient (Wildman–Crippen LogP) is 1.37. The summed E-state index contributed by atoms with van der Waals surface area (Å²) in [6.07, 6.45) is 6.86. The third kappa shape index (κ3) is 4.27. The van der Waals surface area contributed by atoms with Crippen molar-refractivity contribution in [2.24, 2.45) is 13.0 Å². The Balaban J connectivity index is 1.56. The summed E-state index contributed by atoms with van der Waals surface area (Å²) < 4.78 is 3.39. The van der Waals surface area contributed by atoms with Crippen LogP contribution < -0.4 is 11.1 Å². The monoisotopic (exact) mass is 357 g/mol. The minimum Gasteiger partial charge on any atom is -0.312 e. The molecule has 0 N–H and O–H groups in total. The lowest BCUT2D eigenvalue weighted by Crippen LogP contribution is -2.37. The first-order valence-corrected chi connectivity index (χ1v) is 9.22. The molecule has 7 nitrogen and oxygen atoms in total. The Labute approximate surface area is 153 Å². The molecule has 0 aromatic carbocycles. The zero-order valence-electron chi connectivity index (χ0n) is 15.8. The van der Waals surface area contributed by atoms with Crippen molar-refractivity contribution in [1.82, 2.24) is 24.0 Å². The SMILES string of the molecule is CC(C)c1cc(=O)n(CC2CCN(Cc3cncc(=O)n3C)CC2)cn1. The van der Waals surface area contributed by atoms with E-state index in [2.05, 4.69) is 14.9 Å². The van der Waals surface area contributed by atoms with Crippen molar-refractivity contribution in [3.63, 3.8) is 0 Å². The van der Waals surface area contributed by atoms with Gasteiger partial charge in [0.2, 0.25) is 0 Å². The lowest BCUT2D eigenvalue weighted by atomic mass is 9.96. The van der Waals surface area contributed by atoms with Gasteiger partial charge in [0, 0.05) is 32.4 Å². The molecule has 1 saturated heterocycles. The van der Waals surface area contributed by atoms with Crippen molar-refractivity contribution in [3.05, 3.63) is 56.9 Å². The number of nitrogens with zero attached hydrogens (tertiary/aromatic N) is 5. The van der Waals surface area contributed by atoms with E-state index in [0.29, 0.717) is 5.92 Å². The molecule has 0 bridgehead atoms. The molecule has 0 atom stereocenters. The number of hydrogen-bond acceptors (Lipinski definition) is 5. The van der Waals surface area contributed by atoms with Gasteiger partial charge in [0.15, 0.2) is 0 Å². The van der Waals surface area contributed by atoms with Crippen LogP contribution in [0.5, 0.6) is 0 Å². The number of hydrogen-bond donors (Lipinski definition) is 0. The van der Waals surface area contributed by atoms with E-state index >= 15 is 0 Å². The molecule has 0 radical (unpaired) electrons. The molecular formula is C19H27N5O2. The molecule has 1 aliphatic heterocycles. The van der Waals surface area contributed by atoms with E-state index in [1.807, 2.05) is 13.8 Å². The largest absolute Gasteiger partial charge is 0.312 e. The summed E-state index contributed by atoms with van der Waals surface area (Å²) in [5.41, 5.74) is 1.74. The number of likely N-dealkylation sites (tertiary alicyclic amines) is 1. The molecule has 2 aromatic heterocycles. The van der Waals surface area contributed by atoms with Gasteiger partial charge in [-0.15, -0.1) is 0 Å². The van der Waals surface area contributed by atoms with Crippen LogP contribution in [0.3, 0.4) is 0 Å². The van der Waals surface area contributed by atoms with Gasteiger partial charge in [-0.1, -0.05) is 13.8 Å². The summed E-state index contributed by atoms with van der Waals surface area (Å²) in [5.74, 6) is 0.748. The van der Waals surface area contributed by atoms with Gasteiger partial charge in [-0.2, -0.15) is 0 Å². The Morgan fingerprint density at radius 2 is 1.88 bits per heavy atom. The maximum atomic E-state index is 12.3. The van der Waals surface area contributed by atoms with E-state index in [9.17, 15) is 9.59 Å². The fourth-order valence-corrected chi connectivity index (χ4v) is 3.38. The van der Waals surface area contributed by atoms with Crippen LogP contribution >= 0.6 is 0 Å². The van der Waals surface area contributed by atoms with E-state index in [4.69, 9.17) is 0 Å². The molecular weight excluding hydrogens is 330 g/mol. The van der Waals surface area contributed by atoms with Gasteiger partial charge >= 0.3 is 0 Å². The lowest BCUT2D eigenvalue weighted by molar-refractivity contribution is 0.163. The van der Waals surface area contributed by atoms with E-state index in [-0.39, 0.29) is 17.0 Å². The standard InChI is InChI=1S/C19H27N5O2/c1-14(2)17-8-18(25)24(13-21-17)11-15-4-6-23(7-5-15)12-16-9-20-10-19(26)22(16)3/h8-10,13-15H,4-7,11-12H2,1-3H3. The molecule has 0 spiro atoms. The summed E-state index contributed by atoms with van der Waals surface area (Å²) in [7, 11) is 1.78. The third-order valence-corrected chi connectivity index (χ3v) is 5.21. The topological polar surface area (TPSA) is 73.0 Å². The third-order valence-electron chi connectivity index (χ3n) is 5.21. The Hall–Kier alpha value is -2.28. The predicted molar refractivity (Wildman–Crippen MR) is 100 cm³/mol. The maximum absolute atomic E-state index is 12.3. The van der Waals surface area contributed by atoms with Gasteiger partial charge in [0.1, 0.15) is 0 Å². The van der Waals surface area contributed by atoms with Crippen molar-refractivity contribution in [3.8, 4) is 0 Å². The maximum Gasteiger partial charge on any atom is 0.268 e. The Bertz CT molecular complexity index is 863. The van der Waals surface area contributed by atoms with Gasteiger partial charge in [-0.3, -0.25) is 24.0 Å². The summed E-state index contributed by atoms with van der Waals surface area (Å²) in [5, 5.41) is 0. The molecule has 140 valence electrons. The minimum atomic E-state index is -0.0749. The minimum absolute atomic E-state index is 0.0384. The van der Waals surface area contributed by atoms with Crippen molar-refractivity contribution in [2.45, 2.75) is 45.7 Å². The molecule has 1 fully saturated rings. The van der Waals surface area contributed by atoms with Gasteiger partial charge in [-0.05, 0) is 37.8 Å². The molecule has 26 heavy (non-hydrogen) atoms. The number of piperidine rings is 1. The quantitative estimate of drug-likeness (QED) is 0.808. The molecule has 1 aliphatic rings. The lowest BCUT2D eigenvalue weighted by Gasteiger charge is -2.32. The van der Waals surface area contributed by atoms with Crippen LogP contribution in [-0.2, 0) is 20.1 Å². The second kappa shape index (κ2) is 7.95. The van der Waals surface area contributed by atoms with Crippen molar-refractivity contribution < 1.29 is 0 Å². The van der Waals surface area contributed by atoms with Crippen LogP contribution in [0.1, 0.15) is 44.0 Å². The van der Waals surface area contributed by atoms with Crippen LogP contribution in [0, 0.1) is 5.92 Å². The molecule has 3 heterocycles. The van der Waals surface area contributed by atoms with E-state index in [1.165, 1.54) is 6.20 Å². The van der Waals surface area contributed by atoms with E-state index in [0.717, 1.165) is 50.4 Å². The smallest absolute Gasteiger partial charge is 0.268 e. The normalized spacial score (nSPS) is 16.3. The molecule has 2 aromatic rings. The highest BCUT2D eigenvalue weighted by molar-refractivity contribution is 5.04. The average Bonchev–Trinajstić information content (AvgIpc) is 2.62. The zero-order valence-corrected chi connectivity index (χ0v) is 15.8. The first-order valence-electron chi connectivity index (χ1n) is 9.22. The fourth-order valence-electron chi connectivity index (χ4n) is 3.38. The van der Waals surface area contributed by atoms with Crippen molar-refractivity contribution in [1.29, 1.82) is 0 Å². The molecule has 0 aliphatic carbocycles. The number of aromatic nitrogens is 4. The van der Waals surface area contributed by atoms with Gasteiger partial charge in [-0.25, -0.2) is 4.98 Å². The molecule has 7 heteroatoms. The van der Waals surface area contributed by atoms with Gasteiger partial charge < -0.3 is 4.57 Å². The van der Waals surface area contributed by atoms with Crippen molar-refractivity contribution >= 4 is 0 Å². The summed E-state index contributed by atoms with van der Waals surface area (Å²) in [6.45, 7) is 7.46. The summed E-state index contributed by atoms with van der Waals surface area (Å²) in [4.78, 5) is 34.7. The highest BCUT2D eigenvalue weighted by Crippen LogP contribution is 2.20. The fraction of sp³-hybridized carbons (Fsp3) is 0.579. The van der Waals surface area contributed by atoms with Gasteiger partial charge in [0.05, 0.1) is 23.9 Å². The Morgan fingerprint density at radius 3 is 2.54 bits per heavy atom. The molecule has 0 saturated carbocycles. The van der Waals surface area contributed by atoms with E-state index < -0.39 is 0 Å². The Morgan fingerprint density at radius 1 is 1.15 bits per heavy atom. The van der Waals surface area contributed by atoms with E-state index in [1.54, 1.807) is 34.8 Å². The van der Waals surface area contributed by atoms with Crippen LogP contribution in [0.4, 0.5) is 0 Å². The highest BCUT2D eigenvalue weighted by Gasteiger charge is 2.21. The van der Waals surface area contributed by atoms with Crippen LogP contribution in [0.2, 0.25) is 0 Å². The zero-order chi connectivity index (χ0) is 18.7.